The summed E-state index contributed by atoms with van der Waals surface area (Å²) in [5.74, 6) is 1.59. The van der Waals surface area contributed by atoms with Crippen molar-refractivity contribution in [2.45, 2.75) is 76.0 Å². The molecule has 3 fully saturated rings. The molecule has 4 N–H and O–H groups in total. The lowest BCUT2D eigenvalue weighted by molar-refractivity contribution is -0.126. The number of amides is 1. The van der Waals surface area contributed by atoms with E-state index >= 15 is 0 Å². The molecule has 1 spiro atoms. The van der Waals surface area contributed by atoms with Gasteiger partial charge in [0.15, 0.2) is 0 Å². The standard InChI is InChI=1S/C24H36N2O3/c27-16-21(22(28)18-9-5-2-6-10-18)26-23(29)20-15-24(11-12-25-20)14-19(24)13-17-7-3-1-4-8-17/h2,5-6,9-10,17,19-22,25,27-28H,1,3-4,7-8,11-16H2,(H,26,29)/t19?,20-,21-,22-,24?/m1/s1. The van der Waals surface area contributed by atoms with Crippen LogP contribution in [0.1, 0.15) is 69.5 Å². The summed E-state index contributed by atoms with van der Waals surface area (Å²) in [6.07, 6.45) is 10.7. The van der Waals surface area contributed by atoms with Gasteiger partial charge in [-0.1, -0.05) is 62.4 Å². The van der Waals surface area contributed by atoms with Crippen molar-refractivity contribution >= 4 is 5.91 Å². The van der Waals surface area contributed by atoms with Crippen molar-refractivity contribution in [3.05, 3.63) is 35.9 Å². The molecule has 4 rings (SSSR count). The molecule has 2 unspecified atom stereocenters. The number of piperidine rings is 1. The molecule has 1 aromatic rings. The van der Waals surface area contributed by atoms with E-state index in [0.29, 0.717) is 11.0 Å². The Morgan fingerprint density at radius 1 is 1.17 bits per heavy atom. The van der Waals surface area contributed by atoms with E-state index in [2.05, 4.69) is 10.6 Å². The van der Waals surface area contributed by atoms with Crippen molar-refractivity contribution in [1.82, 2.24) is 10.6 Å². The average molecular weight is 401 g/mol. The molecule has 0 aromatic heterocycles. The molecule has 0 radical (unpaired) electrons. The summed E-state index contributed by atoms with van der Waals surface area (Å²) in [5.41, 5.74) is 1.05. The summed E-state index contributed by atoms with van der Waals surface area (Å²) in [6, 6.07) is 8.29. The lowest BCUT2D eigenvalue weighted by Crippen LogP contribution is -2.53. The van der Waals surface area contributed by atoms with E-state index in [1.165, 1.54) is 51.4 Å². The minimum absolute atomic E-state index is 0.0959. The number of benzene rings is 1. The number of hydrogen-bond acceptors (Lipinski definition) is 4. The van der Waals surface area contributed by atoms with Crippen molar-refractivity contribution < 1.29 is 15.0 Å². The second kappa shape index (κ2) is 9.15. The van der Waals surface area contributed by atoms with Gasteiger partial charge in [0, 0.05) is 0 Å². The van der Waals surface area contributed by atoms with Gasteiger partial charge in [-0.15, -0.1) is 0 Å². The molecule has 5 heteroatoms. The number of rotatable bonds is 7. The monoisotopic (exact) mass is 400 g/mol. The van der Waals surface area contributed by atoms with Crippen LogP contribution in [-0.4, -0.2) is 41.4 Å². The van der Waals surface area contributed by atoms with Gasteiger partial charge in [0.1, 0.15) is 6.10 Å². The first-order valence-electron chi connectivity index (χ1n) is 11.5. The number of carbonyl (C=O) groups is 1. The molecule has 5 nitrogen and oxygen atoms in total. The van der Waals surface area contributed by atoms with Crippen molar-refractivity contribution in [2.75, 3.05) is 13.2 Å². The maximum absolute atomic E-state index is 12.9. The highest BCUT2D eigenvalue weighted by Crippen LogP contribution is 2.62. The first-order valence-corrected chi connectivity index (χ1v) is 11.5. The quantitative estimate of drug-likeness (QED) is 0.567. The van der Waals surface area contributed by atoms with Crippen LogP contribution in [0.2, 0.25) is 0 Å². The molecule has 29 heavy (non-hydrogen) atoms. The van der Waals surface area contributed by atoms with Crippen LogP contribution in [0.4, 0.5) is 0 Å². The van der Waals surface area contributed by atoms with Crippen molar-refractivity contribution in [3.63, 3.8) is 0 Å². The van der Waals surface area contributed by atoms with Crippen molar-refractivity contribution in [2.24, 2.45) is 17.3 Å². The predicted molar refractivity (Wildman–Crippen MR) is 113 cm³/mol. The molecule has 1 amide bonds. The van der Waals surface area contributed by atoms with Gasteiger partial charge in [0.05, 0.1) is 18.7 Å². The van der Waals surface area contributed by atoms with Crippen molar-refractivity contribution in [1.29, 1.82) is 0 Å². The van der Waals surface area contributed by atoms with Gasteiger partial charge in [0.2, 0.25) is 5.91 Å². The number of aliphatic hydroxyl groups is 2. The Bertz CT molecular complexity index is 676. The van der Waals surface area contributed by atoms with Crippen molar-refractivity contribution in [3.8, 4) is 0 Å². The first-order chi connectivity index (χ1) is 14.1. The molecule has 1 heterocycles. The van der Waals surface area contributed by atoms with E-state index in [9.17, 15) is 15.0 Å². The molecule has 3 aliphatic rings. The molecule has 1 aliphatic heterocycles. The van der Waals surface area contributed by atoms with Crippen LogP contribution >= 0.6 is 0 Å². The van der Waals surface area contributed by atoms with Crippen LogP contribution in [0.3, 0.4) is 0 Å². The zero-order valence-electron chi connectivity index (χ0n) is 17.4. The highest BCUT2D eigenvalue weighted by atomic mass is 16.3. The Kier molecular flexibility index (Phi) is 6.57. The first kappa shape index (κ1) is 20.8. The Hall–Kier alpha value is -1.43. The summed E-state index contributed by atoms with van der Waals surface area (Å²) in [5, 5.41) is 26.6. The fourth-order valence-electron chi connectivity index (χ4n) is 5.80. The van der Waals surface area contributed by atoms with Gasteiger partial charge in [0.25, 0.3) is 0 Å². The largest absolute Gasteiger partial charge is 0.394 e. The van der Waals surface area contributed by atoms with Gasteiger partial charge in [-0.05, 0) is 55.0 Å². The van der Waals surface area contributed by atoms with Crippen LogP contribution < -0.4 is 10.6 Å². The number of nitrogens with one attached hydrogen (secondary N) is 2. The molecule has 2 aliphatic carbocycles. The highest BCUT2D eigenvalue weighted by molar-refractivity contribution is 5.82. The van der Waals surface area contributed by atoms with E-state index in [0.717, 1.165) is 24.8 Å². The third kappa shape index (κ3) is 4.84. The molecular formula is C24H36N2O3. The number of hydrogen-bond donors (Lipinski definition) is 4. The lowest BCUT2D eigenvalue weighted by Gasteiger charge is -2.33. The van der Waals surface area contributed by atoms with Gasteiger partial charge < -0.3 is 20.8 Å². The van der Waals surface area contributed by atoms with Gasteiger partial charge in [-0.3, -0.25) is 4.79 Å². The maximum Gasteiger partial charge on any atom is 0.237 e. The van der Waals surface area contributed by atoms with Crippen LogP contribution in [0.25, 0.3) is 0 Å². The third-order valence-electron chi connectivity index (χ3n) is 7.69. The average Bonchev–Trinajstić information content (AvgIpc) is 3.42. The van der Waals surface area contributed by atoms with E-state index in [1.54, 1.807) is 0 Å². The van der Waals surface area contributed by atoms with Crippen LogP contribution in [-0.2, 0) is 4.79 Å². The fourth-order valence-corrected chi connectivity index (χ4v) is 5.80. The van der Waals surface area contributed by atoms with E-state index in [-0.39, 0.29) is 18.6 Å². The Morgan fingerprint density at radius 2 is 1.93 bits per heavy atom. The maximum atomic E-state index is 12.9. The molecule has 1 saturated heterocycles. The second-order valence-electron chi connectivity index (χ2n) is 9.62. The van der Waals surface area contributed by atoms with E-state index in [4.69, 9.17) is 0 Å². The zero-order valence-corrected chi connectivity index (χ0v) is 17.4. The molecular weight excluding hydrogens is 364 g/mol. The summed E-state index contributed by atoms with van der Waals surface area (Å²) in [7, 11) is 0. The van der Waals surface area contributed by atoms with Crippen LogP contribution in [0, 0.1) is 17.3 Å². The topological polar surface area (TPSA) is 81.6 Å². The summed E-state index contributed by atoms with van der Waals surface area (Å²) < 4.78 is 0. The molecule has 1 aromatic carbocycles. The molecule has 0 bridgehead atoms. The van der Waals surface area contributed by atoms with Gasteiger partial charge >= 0.3 is 0 Å². The van der Waals surface area contributed by atoms with E-state index in [1.807, 2.05) is 30.3 Å². The van der Waals surface area contributed by atoms with Crippen LogP contribution in [0.15, 0.2) is 30.3 Å². The normalized spacial score (nSPS) is 31.9. The lowest BCUT2D eigenvalue weighted by atomic mass is 9.81. The zero-order chi connectivity index (χ0) is 20.3. The van der Waals surface area contributed by atoms with Gasteiger partial charge in [-0.25, -0.2) is 0 Å². The number of carbonyl (C=O) groups excluding carboxylic acids is 1. The summed E-state index contributed by atoms with van der Waals surface area (Å²) >= 11 is 0. The van der Waals surface area contributed by atoms with E-state index < -0.39 is 12.1 Å². The SMILES string of the molecule is O=C(N[C@H](CO)[C@H](O)c1ccccc1)[C@H]1CC2(CCN1)CC2CC1CCCCC1. The Morgan fingerprint density at radius 3 is 2.66 bits per heavy atom. The Balaban J connectivity index is 1.31. The predicted octanol–water partition coefficient (Wildman–Crippen LogP) is 2.93. The number of aliphatic hydroxyl groups excluding tert-OH is 2. The molecule has 2 saturated carbocycles. The van der Waals surface area contributed by atoms with Gasteiger partial charge in [-0.2, -0.15) is 0 Å². The highest BCUT2D eigenvalue weighted by Gasteiger charge is 2.56. The van der Waals surface area contributed by atoms with Crippen LogP contribution in [0.5, 0.6) is 0 Å². The fraction of sp³-hybridized carbons (Fsp3) is 0.708. The smallest absolute Gasteiger partial charge is 0.237 e. The minimum Gasteiger partial charge on any atom is -0.394 e. The Labute approximate surface area is 174 Å². The summed E-state index contributed by atoms with van der Waals surface area (Å²) in [4.78, 5) is 12.9. The third-order valence-corrected chi connectivity index (χ3v) is 7.69. The summed E-state index contributed by atoms with van der Waals surface area (Å²) in [6.45, 7) is 0.592. The molecule has 160 valence electrons. The minimum atomic E-state index is -0.914. The molecule has 5 atom stereocenters. The second-order valence-corrected chi connectivity index (χ2v) is 9.62.